The van der Waals surface area contributed by atoms with Gasteiger partial charge in [0.15, 0.2) is 0 Å². The summed E-state index contributed by atoms with van der Waals surface area (Å²) < 4.78 is 6.28. The molecule has 5 heteroatoms. The van der Waals surface area contributed by atoms with E-state index in [0.717, 1.165) is 12.0 Å². The van der Waals surface area contributed by atoms with Gasteiger partial charge in [-0.2, -0.15) is 0 Å². The van der Waals surface area contributed by atoms with Crippen molar-refractivity contribution in [2.75, 3.05) is 6.61 Å². The molecule has 0 bridgehead atoms. The Morgan fingerprint density at radius 3 is 2.95 bits per heavy atom. The number of nitrogens with zero attached hydrogens (tertiary/aromatic N) is 1. The standard InChI is InChI=1S/C14H16BrNO3/c1-3-9(2)11-5-4-6-19-14-12(11)7-10(15)8-13(14)16(17)18/h4-5,7-9,11H,3,6H2,1-2H3. The zero-order valence-electron chi connectivity index (χ0n) is 10.9. The van der Waals surface area contributed by atoms with Crippen LogP contribution < -0.4 is 4.74 Å². The summed E-state index contributed by atoms with van der Waals surface area (Å²) in [7, 11) is 0. The molecule has 102 valence electrons. The van der Waals surface area contributed by atoms with Crippen molar-refractivity contribution in [2.24, 2.45) is 5.92 Å². The molecule has 4 nitrogen and oxygen atoms in total. The molecular formula is C14H16BrNO3. The first-order chi connectivity index (χ1) is 9.04. The molecule has 0 spiro atoms. The lowest BCUT2D eigenvalue weighted by Gasteiger charge is -2.21. The Bertz CT molecular complexity index is 528. The predicted molar refractivity (Wildman–Crippen MR) is 77.6 cm³/mol. The van der Waals surface area contributed by atoms with Gasteiger partial charge in [-0.3, -0.25) is 10.1 Å². The van der Waals surface area contributed by atoms with E-state index in [2.05, 4.69) is 35.9 Å². The molecule has 0 saturated carbocycles. The van der Waals surface area contributed by atoms with Crippen molar-refractivity contribution in [3.05, 3.63) is 44.4 Å². The molecule has 1 aromatic rings. The van der Waals surface area contributed by atoms with Crippen molar-refractivity contribution < 1.29 is 9.66 Å². The second-order valence-electron chi connectivity index (χ2n) is 4.75. The minimum absolute atomic E-state index is 0.0291. The van der Waals surface area contributed by atoms with Gasteiger partial charge in [0.1, 0.15) is 6.61 Å². The van der Waals surface area contributed by atoms with Gasteiger partial charge in [0.2, 0.25) is 5.75 Å². The van der Waals surface area contributed by atoms with E-state index in [0.29, 0.717) is 22.7 Å². The highest BCUT2D eigenvalue weighted by Gasteiger charge is 2.28. The number of rotatable bonds is 3. The van der Waals surface area contributed by atoms with Gasteiger partial charge >= 0.3 is 5.69 Å². The Morgan fingerprint density at radius 1 is 1.58 bits per heavy atom. The molecule has 0 aromatic heterocycles. The molecule has 1 heterocycles. The summed E-state index contributed by atoms with van der Waals surface area (Å²) in [5.74, 6) is 0.966. The molecule has 19 heavy (non-hydrogen) atoms. The lowest BCUT2D eigenvalue weighted by atomic mass is 9.85. The molecule has 2 unspecified atom stereocenters. The third-order valence-electron chi connectivity index (χ3n) is 3.54. The molecule has 0 aliphatic carbocycles. The fourth-order valence-corrected chi connectivity index (χ4v) is 2.79. The molecule has 0 fully saturated rings. The molecule has 0 amide bonds. The summed E-state index contributed by atoms with van der Waals surface area (Å²) >= 11 is 3.35. The first-order valence-electron chi connectivity index (χ1n) is 6.31. The van der Waals surface area contributed by atoms with Crippen LogP contribution in [0.1, 0.15) is 31.7 Å². The van der Waals surface area contributed by atoms with Crippen LogP contribution in [-0.2, 0) is 0 Å². The topological polar surface area (TPSA) is 52.4 Å². The number of benzene rings is 1. The molecule has 2 atom stereocenters. The van der Waals surface area contributed by atoms with E-state index in [1.54, 1.807) is 0 Å². The van der Waals surface area contributed by atoms with Gasteiger partial charge in [-0.25, -0.2) is 0 Å². The normalized spacial score (nSPS) is 19.2. The maximum absolute atomic E-state index is 11.2. The van der Waals surface area contributed by atoms with Crippen molar-refractivity contribution in [2.45, 2.75) is 26.2 Å². The number of fused-ring (bicyclic) bond motifs is 1. The molecule has 0 saturated heterocycles. The number of allylic oxidation sites excluding steroid dienone is 1. The maximum Gasteiger partial charge on any atom is 0.312 e. The third-order valence-corrected chi connectivity index (χ3v) is 4.00. The van der Waals surface area contributed by atoms with Gasteiger partial charge in [-0.15, -0.1) is 0 Å². The summed E-state index contributed by atoms with van der Waals surface area (Å²) in [5.41, 5.74) is 0.922. The van der Waals surface area contributed by atoms with Crippen LogP contribution in [0, 0.1) is 16.0 Å². The highest BCUT2D eigenvalue weighted by atomic mass is 79.9. The molecule has 1 aliphatic heterocycles. The number of halogens is 1. The van der Waals surface area contributed by atoms with Gasteiger partial charge < -0.3 is 4.74 Å². The lowest BCUT2D eigenvalue weighted by Crippen LogP contribution is -2.08. The molecule has 0 N–H and O–H groups in total. The van der Waals surface area contributed by atoms with Gasteiger partial charge in [0, 0.05) is 22.0 Å². The van der Waals surface area contributed by atoms with Crippen LogP contribution in [0.25, 0.3) is 0 Å². The highest BCUT2D eigenvalue weighted by Crippen LogP contribution is 2.43. The number of hydrogen-bond donors (Lipinski definition) is 0. The SMILES string of the molecule is CCC(C)C1C=CCOc2c1cc(Br)cc2[N+](=O)[O-]. The van der Waals surface area contributed by atoms with Gasteiger partial charge in [0.25, 0.3) is 0 Å². The lowest BCUT2D eigenvalue weighted by molar-refractivity contribution is -0.386. The largest absolute Gasteiger partial charge is 0.482 e. The minimum atomic E-state index is -0.386. The predicted octanol–water partition coefficient (Wildman–Crippen LogP) is 4.44. The van der Waals surface area contributed by atoms with Gasteiger partial charge in [-0.1, -0.05) is 48.4 Å². The third kappa shape index (κ3) is 2.81. The first kappa shape index (κ1) is 14.1. The summed E-state index contributed by atoms with van der Waals surface area (Å²) in [6, 6.07) is 3.42. The fraction of sp³-hybridized carbons (Fsp3) is 0.429. The van der Waals surface area contributed by atoms with Crippen LogP contribution in [0.3, 0.4) is 0 Å². The Kier molecular flexibility index (Phi) is 4.24. The van der Waals surface area contributed by atoms with Crippen LogP contribution in [0.4, 0.5) is 5.69 Å². The molecule has 1 aromatic carbocycles. The number of nitro groups is 1. The van der Waals surface area contributed by atoms with Crippen LogP contribution in [0.5, 0.6) is 5.75 Å². The van der Waals surface area contributed by atoms with Crippen molar-refractivity contribution in [3.8, 4) is 5.75 Å². The maximum atomic E-state index is 11.2. The van der Waals surface area contributed by atoms with Crippen LogP contribution in [0.2, 0.25) is 0 Å². The summed E-state index contributed by atoms with van der Waals surface area (Å²) in [6.45, 7) is 4.65. The zero-order chi connectivity index (χ0) is 14.0. The van der Waals surface area contributed by atoms with Crippen LogP contribution in [0.15, 0.2) is 28.8 Å². The first-order valence-corrected chi connectivity index (χ1v) is 7.11. The number of hydrogen-bond acceptors (Lipinski definition) is 3. The van der Waals surface area contributed by atoms with E-state index >= 15 is 0 Å². The monoisotopic (exact) mass is 325 g/mol. The smallest absolute Gasteiger partial charge is 0.312 e. The number of nitro benzene ring substituents is 1. The van der Waals surface area contributed by atoms with E-state index in [1.807, 2.05) is 12.1 Å². The summed E-state index contributed by atoms with van der Waals surface area (Å²) in [5, 5.41) is 11.2. The van der Waals surface area contributed by atoms with Crippen LogP contribution in [-0.4, -0.2) is 11.5 Å². The highest BCUT2D eigenvalue weighted by molar-refractivity contribution is 9.10. The van der Waals surface area contributed by atoms with E-state index in [-0.39, 0.29) is 16.5 Å². The molecule has 2 rings (SSSR count). The van der Waals surface area contributed by atoms with Crippen molar-refractivity contribution in [3.63, 3.8) is 0 Å². The average molecular weight is 326 g/mol. The van der Waals surface area contributed by atoms with Crippen molar-refractivity contribution in [1.29, 1.82) is 0 Å². The fourth-order valence-electron chi connectivity index (χ4n) is 2.33. The second kappa shape index (κ2) is 5.74. The Morgan fingerprint density at radius 2 is 2.32 bits per heavy atom. The van der Waals surface area contributed by atoms with Crippen molar-refractivity contribution >= 4 is 21.6 Å². The summed E-state index contributed by atoms with van der Waals surface area (Å²) in [6.07, 6.45) is 5.04. The summed E-state index contributed by atoms with van der Waals surface area (Å²) in [4.78, 5) is 10.8. The van der Waals surface area contributed by atoms with Gasteiger partial charge in [0.05, 0.1) is 4.92 Å². The molecule has 1 aliphatic rings. The zero-order valence-corrected chi connectivity index (χ0v) is 12.5. The van der Waals surface area contributed by atoms with Crippen LogP contribution >= 0.6 is 15.9 Å². The van der Waals surface area contributed by atoms with Crippen molar-refractivity contribution in [1.82, 2.24) is 0 Å². The van der Waals surface area contributed by atoms with E-state index in [9.17, 15) is 10.1 Å². The second-order valence-corrected chi connectivity index (χ2v) is 5.67. The Hall–Kier alpha value is -1.36. The Labute approximate surface area is 120 Å². The quantitative estimate of drug-likeness (QED) is 0.469. The molecule has 0 radical (unpaired) electrons. The van der Waals surface area contributed by atoms with E-state index in [4.69, 9.17) is 4.74 Å². The average Bonchev–Trinajstić information content (AvgIpc) is 2.59. The van der Waals surface area contributed by atoms with E-state index < -0.39 is 0 Å². The van der Waals surface area contributed by atoms with Gasteiger partial charge in [-0.05, 0) is 12.0 Å². The molecular weight excluding hydrogens is 310 g/mol. The Balaban J connectivity index is 2.60. The van der Waals surface area contributed by atoms with E-state index in [1.165, 1.54) is 6.07 Å². The minimum Gasteiger partial charge on any atom is -0.482 e. The number of ether oxygens (including phenoxy) is 1.